The van der Waals surface area contributed by atoms with Gasteiger partial charge in [-0.15, -0.1) is 13.2 Å². The highest BCUT2D eigenvalue weighted by Crippen LogP contribution is 2.32. The predicted molar refractivity (Wildman–Crippen MR) is 130 cm³/mol. The van der Waals surface area contributed by atoms with Crippen LogP contribution in [0, 0.1) is 11.8 Å². The van der Waals surface area contributed by atoms with Crippen molar-refractivity contribution in [3.63, 3.8) is 0 Å². The molecule has 184 valence electrons. The Morgan fingerprint density at radius 1 is 0.647 bits per heavy atom. The van der Waals surface area contributed by atoms with Gasteiger partial charge in [-0.3, -0.25) is 0 Å². The molecule has 0 unspecified atom stereocenters. The van der Waals surface area contributed by atoms with Gasteiger partial charge in [0.25, 0.3) is 0 Å². The van der Waals surface area contributed by atoms with Crippen molar-refractivity contribution in [2.24, 2.45) is 11.8 Å². The van der Waals surface area contributed by atoms with Crippen LogP contribution in [0.15, 0.2) is 72.5 Å². The number of hydrogen-bond donors (Lipinski definition) is 0. The fourth-order valence-corrected chi connectivity index (χ4v) is 7.90. The van der Waals surface area contributed by atoms with Crippen LogP contribution >= 0.6 is 0 Å². The highest BCUT2D eigenvalue weighted by molar-refractivity contribution is 7.92. The summed E-state index contributed by atoms with van der Waals surface area (Å²) in [5.74, 6) is 0.597. The molecule has 0 spiro atoms. The zero-order valence-electron chi connectivity index (χ0n) is 19.2. The van der Waals surface area contributed by atoms with Crippen LogP contribution in [0.5, 0.6) is 0 Å². The van der Waals surface area contributed by atoms with Gasteiger partial charge in [-0.25, -0.2) is 36.8 Å². The van der Waals surface area contributed by atoms with E-state index in [1.807, 2.05) is 12.2 Å². The van der Waals surface area contributed by atoms with Crippen LogP contribution in [0.2, 0.25) is 0 Å². The highest BCUT2D eigenvalue weighted by Gasteiger charge is 2.34. The third kappa shape index (κ3) is 6.35. The van der Waals surface area contributed by atoms with E-state index in [1.54, 1.807) is 12.1 Å². The van der Waals surface area contributed by atoms with Crippen molar-refractivity contribution in [1.82, 2.24) is 19.9 Å². The van der Waals surface area contributed by atoms with Gasteiger partial charge in [0.2, 0.25) is 30.0 Å². The van der Waals surface area contributed by atoms with Gasteiger partial charge in [0.15, 0.2) is 0 Å². The van der Waals surface area contributed by atoms with E-state index in [-0.39, 0.29) is 20.8 Å². The second-order valence-corrected chi connectivity index (χ2v) is 13.0. The van der Waals surface area contributed by atoms with Crippen LogP contribution in [0.4, 0.5) is 0 Å². The zero-order valence-corrected chi connectivity index (χ0v) is 20.9. The maximum absolute atomic E-state index is 12.3. The summed E-state index contributed by atoms with van der Waals surface area (Å²) in [5.41, 5.74) is 0. The third-order valence-corrected chi connectivity index (χ3v) is 10.5. The van der Waals surface area contributed by atoms with Crippen LogP contribution in [-0.4, -0.2) is 47.3 Å². The molecule has 0 bridgehead atoms. The first-order chi connectivity index (χ1) is 16.3. The zero-order chi connectivity index (χ0) is 24.6. The number of aromatic nitrogens is 4. The topological polar surface area (TPSA) is 120 Å². The molecule has 8 nitrogen and oxygen atoms in total. The summed E-state index contributed by atoms with van der Waals surface area (Å²) in [5, 5.41) is -0.812. The summed E-state index contributed by atoms with van der Waals surface area (Å²) in [6, 6.07) is 3.23. The predicted octanol–water partition coefficient (Wildman–Crippen LogP) is 3.99. The second kappa shape index (κ2) is 11.8. The Morgan fingerprint density at radius 3 is 1.32 bits per heavy atom. The lowest BCUT2D eigenvalue weighted by Gasteiger charge is -2.26. The quantitative estimate of drug-likeness (QED) is 0.428. The third-order valence-electron chi connectivity index (χ3n) is 6.47. The van der Waals surface area contributed by atoms with Crippen LogP contribution in [-0.2, 0) is 19.7 Å². The number of nitrogens with zero attached hydrogens (tertiary/aromatic N) is 4. The molecule has 0 aliphatic heterocycles. The molecule has 2 aliphatic carbocycles. The molecule has 2 aliphatic rings. The van der Waals surface area contributed by atoms with Crippen molar-refractivity contribution in [3.8, 4) is 0 Å². The molecule has 0 saturated heterocycles. The minimum absolute atomic E-state index is 0.0466. The lowest BCUT2D eigenvalue weighted by Crippen LogP contribution is -2.28. The van der Waals surface area contributed by atoms with Gasteiger partial charge in [0.1, 0.15) is 0 Å². The minimum Gasteiger partial charge on any atom is -0.227 e. The summed E-state index contributed by atoms with van der Waals surface area (Å²) < 4.78 is 49.2. The standard InChI is InChI=1S/2C12H16N2O2S/c2*1-2-10-5-3-6-11(9-10)17(15,16)12-13-7-4-8-14-12/h2*2,4,7-8,10-11H,1,3,5-6,9H2/t2*10-,11+/m10/s1. The molecule has 34 heavy (non-hydrogen) atoms. The number of hydrogen-bond acceptors (Lipinski definition) is 8. The van der Waals surface area contributed by atoms with Crippen LogP contribution < -0.4 is 0 Å². The van der Waals surface area contributed by atoms with Crippen LogP contribution in [0.1, 0.15) is 51.4 Å². The average Bonchev–Trinajstić information content (AvgIpc) is 2.90. The van der Waals surface area contributed by atoms with E-state index in [0.717, 1.165) is 25.7 Å². The molecule has 2 heterocycles. The molecule has 2 saturated carbocycles. The minimum atomic E-state index is -3.38. The number of rotatable bonds is 6. The van der Waals surface area contributed by atoms with E-state index in [4.69, 9.17) is 0 Å². The molecule has 0 radical (unpaired) electrons. The Hall–Kier alpha value is -2.46. The molecule has 0 amide bonds. The fraction of sp³-hybridized carbons (Fsp3) is 0.500. The number of allylic oxidation sites excluding steroid dienone is 2. The Labute approximate surface area is 202 Å². The van der Waals surface area contributed by atoms with Crippen LogP contribution in [0.25, 0.3) is 0 Å². The molecule has 10 heteroatoms. The van der Waals surface area contributed by atoms with Crippen molar-refractivity contribution < 1.29 is 16.8 Å². The van der Waals surface area contributed by atoms with Gasteiger partial charge >= 0.3 is 0 Å². The fourth-order valence-electron chi connectivity index (χ4n) is 4.52. The molecule has 2 aromatic heterocycles. The van der Waals surface area contributed by atoms with Gasteiger partial charge < -0.3 is 0 Å². The second-order valence-electron chi connectivity index (χ2n) is 8.72. The maximum atomic E-state index is 12.3. The van der Waals surface area contributed by atoms with Gasteiger partial charge in [-0.2, -0.15) is 0 Å². The van der Waals surface area contributed by atoms with Gasteiger partial charge in [-0.1, -0.05) is 25.0 Å². The van der Waals surface area contributed by atoms with E-state index >= 15 is 0 Å². The van der Waals surface area contributed by atoms with E-state index in [9.17, 15) is 16.8 Å². The molecule has 4 atom stereocenters. The van der Waals surface area contributed by atoms with Gasteiger partial charge in [0.05, 0.1) is 10.5 Å². The van der Waals surface area contributed by atoms with Crippen molar-refractivity contribution in [2.45, 2.75) is 72.2 Å². The monoisotopic (exact) mass is 504 g/mol. The van der Waals surface area contributed by atoms with Crippen molar-refractivity contribution in [2.75, 3.05) is 0 Å². The van der Waals surface area contributed by atoms with Crippen LogP contribution in [0.3, 0.4) is 0 Å². The lowest BCUT2D eigenvalue weighted by molar-refractivity contribution is 0.412. The first-order valence-electron chi connectivity index (χ1n) is 11.6. The molecule has 4 rings (SSSR count). The van der Waals surface area contributed by atoms with E-state index in [0.29, 0.717) is 37.5 Å². The molecular weight excluding hydrogens is 472 g/mol. The Morgan fingerprint density at radius 2 is 1.00 bits per heavy atom. The Balaban J connectivity index is 0.000000191. The highest BCUT2D eigenvalue weighted by atomic mass is 32.2. The Kier molecular flexibility index (Phi) is 9.07. The lowest BCUT2D eigenvalue weighted by atomic mass is 9.89. The molecule has 0 aromatic carbocycles. The van der Waals surface area contributed by atoms with E-state index in [2.05, 4.69) is 33.1 Å². The molecule has 2 aromatic rings. The SMILES string of the molecule is C=C[C@@H]1CCC[C@H](S(=O)(=O)c2ncccn2)C1.C=C[C@H]1CCC[C@@H](S(=O)(=O)c2ncccn2)C1. The van der Waals surface area contributed by atoms with E-state index < -0.39 is 19.7 Å². The van der Waals surface area contributed by atoms with Crippen molar-refractivity contribution in [1.29, 1.82) is 0 Å². The normalized spacial score (nSPS) is 25.4. The molecule has 2 fully saturated rings. The van der Waals surface area contributed by atoms with E-state index in [1.165, 1.54) is 24.8 Å². The maximum Gasteiger partial charge on any atom is 0.247 e. The van der Waals surface area contributed by atoms with Gasteiger partial charge in [-0.05, 0) is 62.5 Å². The summed E-state index contributed by atoms with van der Waals surface area (Å²) in [6.45, 7) is 7.50. The summed E-state index contributed by atoms with van der Waals surface area (Å²) >= 11 is 0. The molecule has 0 N–H and O–H groups in total. The molecular formula is C24H32N4O4S2. The average molecular weight is 505 g/mol. The summed E-state index contributed by atoms with van der Waals surface area (Å²) in [6.07, 6.45) is 16.2. The largest absolute Gasteiger partial charge is 0.247 e. The first-order valence-corrected chi connectivity index (χ1v) is 14.6. The smallest absolute Gasteiger partial charge is 0.227 e. The first kappa shape index (κ1) is 26.2. The number of sulfone groups is 2. The summed E-state index contributed by atoms with van der Waals surface area (Å²) in [7, 11) is -6.75. The summed E-state index contributed by atoms with van der Waals surface area (Å²) in [4.78, 5) is 15.4. The Bertz CT molecular complexity index is 1060. The van der Waals surface area contributed by atoms with Crippen molar-refractivity contribution in [3.05, 3.63) is 62.2 Å². The van der Waals surface area contributed by atoms with Crippen molar-refractivity contribution >= 4 is 19.7 Å². The van der Waals surface area contributed by atoms with Gasteiger partial charge in [0, 0.05) is 24.8 Å².